The van der Waals surface area contributed by atoms with Gasteiger partial charge in [0.15, 0.2) is 0 Å². The van der Waals surface area contributed by atoms with Crippen molar-refractivity contribution in [2.45, 2.75) is 20.8 Å². The van der Waals surface area contributed by atoms with E-state index in [9.17, 15) is 4.79 Å². The molecule has 1 rings (SSSR count). The summed E-state index contributed by atoms with van der Waals surface area (Å²) in [7, 11) is 0. The Morgan fingerprint density at radius 1 is 1.54 bits per heavy atom. The van der Waals surface area contributed by atoms with Crippen molar-refractivity contribution in [3.05, 3.63) is 15.3 Å². The predicted octanol–water partition coefficient (Wildman–Crippen LogP) is 2.12. The normalized spacial score (nSPS) is 10.1. The molecule has 0 saturated heterocycles. The second kappa shape index (κ2) is 3.79. The first-order valence-corrected chi connectivity index (χ1v) is 4.92. The van der Waals surface area contributed by atoms with Crippen LogP contribution in [0.15, 0.2) is 0 Å². The van der Waals surface area contributed by atoms with E-state index in [1.807, 2.05) is 13.8 Å². The number of nitrogens with two attached hydrogens (primary N) is 1. The van der Waals surface area contributed by atoms with Crippen LogP contribution in [0.4, 0.5) is 5.69 Å². The van der Waals surface area contributed by atoms with E-state index in [4.69, 9.17) is 10.5 Å². The molecule has 1 heterocycles. The minimum Gasteiger partial charge on any atom is -0.462 e. The van der Waals surface area contributed by atoms with E-state index in [-0.39, 0.29) is 5.97 Å². The zero-order valence-corrected chi connectivity index (χ0v) is 8.83. The quantitative estimate of drug-likeness (QED) is 0.742. The molecule has 0 aliphatic carbocycles. The Labute approximate surface area is 81.5 Å². The molecule has 0 aromatic carbocycles. The molecular weight excluding hydrogens is 186 g/mol. The van der Waals surface area contributed by atoms with Gasteiger partial charge in [-0.1, -0.05) is 0 Å². The van der Waals surface area contributed by atoms with E-state index in [2.05, 4.69) is 0 Å². The number of aryl methyl sites for hydroxylation is 1. The summed E-state index contributed by atoms with van der Waals surface area (Å²) in [6.45, 7) is 6.01. The molecule has 3 nitrogen and oxygen atoms in total. The highest BCUT2D eigenvalue weighted by Gasteiger charge is 2.16. The van der Waals surface area contributed by atoms with Crippen molar-refractivity contribution < 1.29 is 9.53 Å². The van der Waals surface area contributed by atoms with Crippen molar-refractivity contribution in [3.63, 3.8) is 0 Å². The molecule has 1 aromatic heterocycles. The van der Waals surface area contributed by atoms with Gasteiger partial charge in [-0.15, -0.1) is 11.3 Å². The third kappa shape index (κ3) is 1.83. The Bertz CT molecular complexity index is 331. The van der Waals surface area contributed by atoms with Gasteiger partial charge < -0.3 is 10.5 Å². The lowest BCUT2D eigenvalue weighted by Gasteiger charge is -1.99. The van der Waals surface area contributed by atoms with Crippen LogP contribution in [0, 0.1) is 13.8 Å². The monoisotopic (exact) mass is 199 g/mol. The average Bonchev–Trinajstić information content (AvgIpc) is 2.33. The van der Waals surface area contributed by atoms with E-state index in [1.165, 1.54) is 11.3 Å². The molecular formula is C9H13NO2S. The average molecular weight is 199 g/mol. The fraction of sp³-hybridized carbons (Fsp3) is 0.444. The Morgan fingerprint density at radius 3 is 2.54 bits per heavy atom. The molecule has 0 aliphatic heterocycles. The van der Waals surface area contributed by atoms with E-state index >= 15 is 0 Å². The van der Waals surface area contributed by atoms with E-state index in [1.54, 1.807) is 6.92 Å². The minimum absolute atomic E-state index is 0.318. The van der Waals surface area contributed by atoms with Gasteiger partial charge in [-0.05, 0) is 26.3 Å². The van der Waals surface area contributed by atoms with E-state index in [0.29, 0.717) is 17.2 Å². The molecule has 2 N–H and O–H groups in total. The molecule has 72 valence electrons. The lowest BCUT2D eigenvalue weighted by atomic mass is 10.2. The molecule has 0 bridgehead atoms. The van der Waals surface area contributed by atoms with Gasteiger partial charge in [0.2, 0.25) is 0 Å². The Balaban J connectivity index is 3.01. The standard InChI is InChI=1S/C9H13NO2S/c1-4-12-9(11)8-7(10)5(2)6(3)13-8/h4,10H2,1-3H3. The van der Waals surface area contributed by atoms with Crippen LogP contribution >= 0.6 is 11.3 Å². The van der Waals surface area contributed by atoms with Gasteiger partial charge in [0.25, 0.3) is 0 Å². The fourth-order valence-electron chi connectivity index (χ4n) is 0.993. The number of carbonyl (C=O) groups excluding carboxylic acids is 1. The van der Waals surface area contributed by atoms with Crippen molar-refractivity contribution in [2.24, 2.45) is 0 Å². The van der Waals surface area contributed by atoms with Gasteiger partial charge in [0.05, 0.1) is 12.3 Å². The van der Waals surface area contributed by atoms with Crippen LogP contribution in [0.1, 0.15) is 27.0 Å². The summed E-state index contributed by atoms with van der Waals surface area (Å²) in [5.74, 6) is -0.318. The second-order valence-corrected chi connectivity index (χ2v) is 3.97. The SMILES string of the molecule is CCOC(=O)c1sc(C)c(C)c1N. The van der Waals surface area contributed by atoms with Crippen LogP contribution in [0.2, 0.25) is 0 Å². The molecule has 1 aromatic rings. The maximum atomic E-state index is 11.3. The number of anilines is 1. The molecule has 0 amide bonds. The molecule has 4 heteroatoms. The number of hydrogen-bond acceptors (Lipinski definition) is 4. The van der Waals surface area contributed by atoms with Gasteiger partial charge in [-0.25, -0.2) is 4.79 Å². The number of hydrogen-bond donors (Lipinski definition) is 1. The van der Waals surface area contributed by atoms with Gasteiger partial charge >= 0.3 is 5.97 Å². The van der Waals surface area contributed by atoms with Gasteiger partial charge in [0.1, 0.15) is 4.88 Å². The Morgan fingerprint density at radius 2 is 2.15 bits per heavy atom. The minimum atomic E-state index is -0.318. The molecule has 13 heavy (non-hydrogen) atoms. The van der Waals surface area contributed by atoms with Crippen LogP contribution in [-0.4, -0.2) is 12.6 Å². The van der Waals surface area contributed by atoms with Crippen molar-refractivity contribution in [2.75, 3.05) is 12.3 Å². The summed E-state index contributed by atoms with van der Waals surface area (Å²) in [4.78, 5) is 12.9. The summed E-state index contributed by atoms with van der Waals surface area (Å²) >= 11 is 1.39. The third-order valence-electron chi connectivity index (χ3n) is 1.89. The van der Waals surface area contributed by atoms with E-state index < -0.39 is 0 Å². The van der Waals surface area contributed by atoms with Crippen LogP contribution < -0.4 is 5.73 Å². The Kier molecular flexibility index (Phi) is 2.93. The highest BCUT2D eigenvalue weighted by Crippen LogP contribution is 2.29. The van der Waals surface area contributed by atoms with Gasteiger partial charge in [-0.2, -0.15) is 0 Å². The molecule has 0 radical (unpaired) electrons. The van der Waals surface area contributed by atoms with Gasteiger partial charge in [0, 0.05) is 4.88 Å². The molecule has 0 aliphatic rings. The number of thiophene rings is 1. The number of ether oxygens (including phenoxy) is 1. The lowest BCUT2D eigenvalue weighted by molar-refractivity contribution is 0.0533. The first kappa shape index (κ1) is 10.1. The number of rotatable bonds is 2. The molecule has 0 spiro atoms. The first-order valence-electron chi connectivity index (χ1n) is 4.10. The summed E-state index contributed by atoms with van der Waals surface area (Å²) < 4.78 is 4.87. The fourth-order valence-corrected chi connectivity index (χ4v) is 1.97. The second-order valence-electron chi connectivity index (χ2n) is 2.75. The summed E-state index contributed by atoms with van der Waals surface area (Å²) in [6, 6.07) is 0. The topological polar surface area (TPSA) is 52.3 Å². The highest BCUT2D eigenvalue weighted by atomic mass is 32.1. The molecule has 0 saturated carbocycles. The molecule has 0 atom stereocenters. The maximum absolute atomic E-state index is 11.3. The van der Waals surface area contributed by atoms with E-state index in [0.717, 1.165) is 10.4 Å². The lowest BCUT2D eigenvalue weighted by Crippen LogP contribution is -2.05. The zero-order chi connectivity index (χ0) is 10.0. The van der Waals surface area contributed by atoms with Crippen molar-refractivity contribution in [1.82, 2.24) is 0 Å². The number of esters is 1. The van der Waals surface area contributed by atoms with Crippen LogP contribution in [-0.2, 0) is 4.74 Å². The zero-order valence-electron chi connectivity index (χ0n) is 8.01. The third-order valence-corrected chi connectivity index (χ3v) is 3.10. The summed E-state index contributed by atoms with van der Waals surface area (Å²) in [5, 5.41) is 0. The molecule has 0 fully saturated rings. The predicted molar refractivity (Wildman–Crippen MR) is 54.2 cm³/mol. The van der Waals surface area contributed by atoms with Crippen LogP contribution in [0.25, 0.3) is 0 Å². The van der Waals surface area contributed by atoms with Crippen molar-refractivity contribution in [1.29, 1.82) is 0 Å². The van der Waals surface area contributed by atoms with Crippen LogP contribution in [0.5, 0.6) is 0 Å². The summed E-state index contributed by atoms with van der Waals surface area (Å²) in [5.41, 5.74) is 7.28. The largest absolute Gasteiger partial charge is 0.462 e. The highest BCUT2D eigenvalue weighted by molar-refractivity contribution is 7.14. The van der Waals surface area contributed by atoms with Crippen LogP contribution in [0.3, 0.4) is 0 Å². The summed E-state index contributed by atoms with van der Waals surface area (Å²) in [6.07, 6.45) is 0. The smallest absolute Gasteiger partial charge is 0.350 e. The van der Waals surface area contributed by atoms with Gasteiger partial charge in [-0.3, -0.25) is 0 Å². The Hall–Kier alpha value is -1.03. The van der Waals surface area contributed by atoms with Crippen molar-refractivity contribution >= 4 is 23.0 Å². The maximum Gasteiger partial charge on any atom is 0.350 e. The number of nitrogen functional groups attached to an aromatic ring is 1. The number of carbonyl (C=O) groups is 1. The van der Waals surface area contributed by atoms with Crippen molar-refractivity contribution in [3.8, 4) is 0 Å². The molecule has 0 unspecified atom stereocenters. The first-order chi connectivity index (χ1) is 6.07.